The van der Waals surface area contributed by atoms with E-state index in [0.717, 1.165) is 35.8 Å². The zero-order valence-corrected chi connectivity index (χ0v) is 10.5. The van der Waals surface area contributed by atoms with Gasteiger partial charge in [-0.25, -0.2) is 4.79 Å². The molecular weight excluding hydrogens is 224 g/mol. The van der Waals surface area contributed by atoms with Crippen molar-refractivity contribution in [1.82, 2.24) is 0 Å². The van der Waals surface area contributed by atoms with Crippen LogP contribution in [0, 0.1) is 0 Å². The smallest absolute Gasteiger partial charge is 0.339 e. The van der Waals surface area contributed by atoms with Crippen molar-refractivity contribution in [3.8, 4) is 0 Å². The lowest BCUT2D eigenvalue weighted by molar-refractivity contribution is 0.0366. The molecule has 92 valence electrons. The summed E-state index contributed by atoms with van der Waals surface area (Å²) >= 11 is 0. The minimum absolute atomic E-state index is 0.0569. The third kappa shape index (κ3) is 1.69. The number of cyclic esters (lactones) is 1. The quantitative estimate of drug-likeness (QED) is 0.750. The summed E-state index contributed by atoms with van der Waals surface area (Å²) in [7, 11) is 0. The van der Waals surface area contributed by atoms with E-state index >= 15 is 0 Å². The third-order valence-electron chi connectivity index (χ3n) is 3.58. The molecule has 2 nitrogen and oxygen atoms in total. The molecule has 1 aliphatic heterocycles. The first-order chi connectivity index (χ1) is 8.81. The Bertz CT molecular complexity index is 601. The summed E-state index contributed by atoms with van der Waals surface area (Å²) in [5.74, 6) is -0.170. The van der Waals surface area contributed by atoms with Gasteiger partial charge in [0.05, 0.1) is 5.56 Å². The van der Waals surface area contributed by atoms with Crippen molar-refractivity contribution in [3.05, 3.63) is 47.5 Å². The maximum atomic E-state index is 11.9. The Morgan fingerprint density at radius 3 is 2.83 bits per heavy atom. The van der Waals surface area contributed by atoms with Crippen molar-refractivity contribution < 1.29 is 9.53 Å². The van der Waals surface area contributed by atoms with Crippen LogP contribution in [0.5, 0.6) is 0 Å². The average Bonchev–Trinajstić information content (AvgIpc) is 2.73. The van der Waals surface area contributed by atoms with Gasteiger partial charge in [-0.1, -0.05) is 43.7 Å². The number of hydrogen-bond donors (Lipinski definition) is 0. The zero-order chi connectivity index (χ0) is 12.5. The predicted octanol–water partition coefficient (Wildman–Crippen LogP) is 4.24. The van der Waals surface area contributed by atoms with Gasteiger partial charge < -0.3 is 4.74 Å². The van der Waals surface area contributed by atoms with Gasteiger partial charge in [-0.2, -0.15) is 0 Å². The monoisotopic (exact) mass is 240 g/mol. The highest BCUT2D eigenvalue weighted by atomic mass is 16.5. The molecule has 0 N–H and O–H groups in total. The summed E-state index contributed by atoms with van der Waals surface area (Å²) in [6.07, 6.45) is 3.07. The molecule has 0 aromatic heterocycles. The largest absolute Gasteiger partial charge is 0.454 e. The van der Waals surface area contributed by atoms with Crippen LogP contribution in [0.3, 0.4) is 0 Å². The number of rotatable bonds is 3. The van der Waals surface area contributed by atoms with Crippen molar-refractivity contribution in [2.24, 2.45) is 0 Å². The van der Waals surface area contributed by atoms with E-state index in [0.29, 0.717) is 0 Å². The molecule has 0 saturated carbocycles. The molecule has 0 fully saturated rings. The highest BCUT2D eigenvalue weighted by molar-refractivity contribution is 6.01. The van der Waals surface area contributed by atoms with Crippen LogP contribution in [0.25, 0.3) is 10.8 Å². The molecule has 0 amide bonds. The van der Waals surface area contributed by atoms with Crippen LogP contribution in [-0.2, 0) is 4.74 Å². The van der Waals surface area contributed by atoms with Crippen molar-refractivity contribution in [2.75, 3.05) is 0 Å². The van der Waals surface area contributed by atoms with Crippen LogP contribution < -0.4 is 0 Å². The van der Waals surface area contributed by atoms with Gasteiger partial charge in [0.25, 0.3) is 0 Å². The van der Waals surface area contributed by atoms with E-state index in [4.69, 9.17) is 4.74 Å². The van der Waals surface area contributed by atoms with Crippen molar-refractivity contribution in [2.45, 2.75) is 32.3 Å². The molecule has 1 atom stereocenters. The van der Waals surface area contributed by atoms with Crippen LogP contribution in [0.4, 0.5) is 0 Å². The summed E-state index contributed by atoms with van der Waals surface area (Å²) < 4.78 is 5.50. The lowest BCUT2D eigenvalue weighted by atomic mass is 9.95. The number of esters is 1. The maximum Gasteiger partial charge on any atom is 0.339 e. The van der Waals surface area contributed by atoms with Crippen LogP contribution in [-0.4, -0.2) is 5.97 Å². The minimum Gasteiger partial charge on any atom is -0.454 e. The van der Waals surface area contributed by atoms with E-state index < -0.39 is 0 Å². The highest BCUT2D eigenvalue weighted by Gasteiger charge is 2.31. The summed E-state index contributed by atoms with van der Waals surface area (Å²) in [5.41, 5.74) is 1.83. The van der Waals surface area contributed by atoms with E-state index in [9.17, 15) is 4.79 Å². The number of carbonyl (C=O) groups excluding carboxylic acids is 1. The number of unbranched alkanes of at least 4 members (excludes halogenated alkanes) is 1. The van der Waals surface area contributed by atoms with Crippen LogP contribution in [0.2, 0.25) is 0 Å². The molecule has 0 spiro atoms. The molecule has 0 radical (unpaired) electrons. The van der Waals surface area contributed by atoms with E-state index in [1.165, 1.54) is 5.39 Å². The molecule has 1 aliphatic rings. The standard InChI is InChI=1S/C16H16O2/c1-2-3-8-14-15-12-7-5-4-6-11(12)9-10-13(15)16(17)18-14/h4-7,9-10,14H,2-3,8H2,1H3/t14-/m1/s1. The third-order valence-corrected chi connectivity index (χ3v) is 3.58. The Morgan fingerprint density at radius 1 is 1.17 bits per heavy atom. The first kappa shape index (κ1) is 11.3. The van der Waals surface area contributed by atoms with Crippen LogP contribution in [0.1, 0.15) is 48.2 Å². The molecule has 1 heterocycles. The Balaban J connectivity index is 2.14. The molecule has 0 bridgehead atoms. The molecule has 3 rings (SSSR count). The van der Waals surface area contributed by atoms with Gasteiger partial charge >= 0.3 is 5.97 Å². The summed E-state index contributed by atoms with van der Waals surface area (Å²) in [6.45, 7) is 2.15. The lowest BCUT2D eigenvalue weighted by Gasteiger charge is -2.11. The Hall–Kier alpha value is -1.83. The molecule has 0 aliphatic carbocycles. The Morgan fingerprint density at radius 2 is 2.00 bits per heavy atom. The van der Waals surface area contributed by atoms with Crippen molar-refractivity contribution >= 4 is 16.7 Å². The van der Waals surface area contributed by atoms with Gasteiger partial charge in [-0.3, -0.25) is 0 Å². The topological polar surface area (TPSA) is 26.3 Å². The van der Waals surface area contributed by atoms with E-state index in [1.54, 1.807) is 0 Å². The Kier molecular flexibility index (Phi) is 2.78. The first-order valence-electron chi connectivity index (χ1n) is 6.54. The highest BCUT2D eigenvalue weighted by Crippen LogP contribution is 2.38. The molecule has 0 unspecified atom stereocenters. The van der Waals surface area contributed by atoms with E-state index in [1.807, 2.05) is 24.3 Å². The van der Waals surface area contributed by atoms with Crippen LogP contribution in [0.15, 0.2) is 36.4 Å². The molecule has 0 saturated heterocycles. The predicted molar refractivity (Wildman–Crippen MR) is 71.6 cm³/mol. The normalized spacial score (nSPS) is 17.8. The minimum atomic E-state index is -0.170. The fraction of sp³-hybridized carbons (Fsp3) is 0.312. The zero-order valence-electron chi connectivity index (χ0n) is 10.5. The molecule has 2 aromatic rings. The second kappa shape index (κ2) is 4.45. The van der Waals surface area contributed by atoms with Gasteiger partial charge in [0.1, 0.15) is 6.10 Å². The van der Waals surface area contributed by atoms with Gasteiger partial charge in [0.15, 0.2) is 0 Å². The van der Waals surface area contributed by atoms with Gasteiger partial charge in [-0.15, -0.1) is 0 Å². The summed E-state index contributed by atoms with van der Waals surface area (Å²) in [4.78, 5) is 11.9. The van der Waals surface area contributed by atoms with Crippen molar-refractivity contribution in [1.29, 1.82) is 0 Å². The summed E-state index contributed by atoms with van der Waals surface area (Å²) in [5, 5.41) is 2.33. The fourth-order valence-electron chi connectivity index (χ4n) is 2.66. The van der Waals surface area contributed by atoms with Gasteiger partial charge in [0.2, 0.25) is 0 Å². The van der Waals surface area contributed by atoms with E-state index in [2.05, 4.69) is 19.1 Å². The van der Waals surface area contributed by atoms with Crippen molar-refractivity contribution in [3.63, 3.8) is 0 Å². The first-order valence-corrected chi connectivity index (χ1v) is 6.54. The van der Waals surface area contributed by atoms with Crippen LogP contribution >= 0.6 is 0 Å². The number of benzene rings is 2. The number of ether oxygens (including phenoxy) is 1. The molecule has 2 heteroatoms. The fourth-order valence-corrected chi connectivity index (χ4v) is 2.66. The van der Waals surface area contributed by atoms with Gasteiger partial charge in [-0.05, 0) is 29.7 Å². The van der Waals surface area contributed by atoms with Gasteiger partial charge in [0, 0.05) is 5.56 Å². The second-order valence-electron chi connectivity index (χ2n) is 4.78. The number of carbonyl (C=O) groups is 1. The molecular formula is C16H16O2. The second-order valence-corrected chi connectivity index (χ2v) is 4.78. The summed E-state index contributed by atoms with van der Waals surface area (Å²) in [6, 6.07) is 12.1. The Labute approximate surface area is 107 Å². The number of hydrogen-bond acceptors (Lipinski definition) is 2. The molecule has 18 heavy (non-hydrogen) atoms. The molecule has 2 aromatic carbocycles. The van der Waals surface area contributed by atoms with E-state index in [-0.39, 0.29) is 12.1 Å². The lowest BCUT2D eigenvalue weighted by Crippen LogP contribution is -1.98. The SMILES string of the molecule is CCCC[C@H]1OC(=O)c2ccc3ccccc3c21. The maximum absolute atomic E-state index is 11.9. The number of fused-ring (bicyclic) bond motifs is 3. The average molecular weight is 240 g/mol.